The van der Waals surface area contributed by atoms with Crippen LogP contribution in [-0.4, -0.2) is 21.0 Å². The molecule has 17 heavy (non-hydrogen) atoms. The van der Waals surface area contributed by atoms with Gasteiger partial charge in [0, 0.05) is 5.69 Å². The van der Waals surface area contributed by atoms with Crippen molar-refractivity contribution in [2.45, 2.75) is 0 Å². The lowest BCUT2D eigenvalue weighted by atomic mass is 10.3. The van der Waals surface area contributed by atoms with Crippen molar-refractivity contribution in [2.24, 2.45) is 0 Å². The van der Waals surface area contributed by atoms with Crippen LogP contribution in [-0.2, 0) is 0 Å². The van der Waals surface area contributed by atoms with E-state index in [2.05, 4.69) is 15.3 Å². The van der Waals surface area contributed by atoms with Crippen molar-refractivity contribution in [3.8, 4) is 0 Å². The monoisotopic (exact) mass is 233 g/mol. The van der Waals surface area contributed by atoms with Crippen molar-refractivity contribution < 1.29 is 14.3 Å². The van der Waals surface area contributed by atoms with E-state index in [1.54, 1.807) is 6.07 Å². The number of nitrogens with zero attached hydrogens (tertiary/aromatic N) is 2. The van der Waals surface area contributed by atoms with Gasteiger partial charge in [0.1, 0.15) is 11.6 Å². The normalized spacial score (nSPS) is 9.94. The summed E-state index contributed by atoms with van der Waals surface area (Å²) in [6.07, 6.45) is 2.50. The standard InChI is InChI=1S/C11H8FN3O2/c12-7-2-1-3-8(4-7)14-10-6-13-5-9(15-10)11(16)17/h1-6H,(H,14,15)(H,16,17). The van der Waals surface area contributed by atoms with Gasteiger partial charge in [-0.05, 0) is 18.2 Å². The third-order valence-electron chi connectivity index (χ3n) is 1.95. The van der Waals surface area contributed by atoms with Gasteiger partial charge in [-0.1, -0.05) is 6.07 Å². The second-order valence-corrected chi connectivity index (χ2v) is 3.23. The molecule has 0 saturated heterocycles. The predicted molar refractivity (Wildman–Crippen MR) is 58.7 cm³/mol. The molecule has 2 N–H and O–H groups in total. The van der Waals surface area contributed by atoms with Crippen LogP contribution >= 0.6 is 0 Å². The van der Waals surface area contributed by atoms with Crippen molar-refractivity contribution in [1.82, 2.24) is 9.97 Å². The van der Waals surface area contributed by atoms with Crippen LogP contribution in [0, 0.1) is 5.82 Å². The molecule has 6 heteroatoms. The van der Waals surface area contributed by atoms with Crippen LogP contribution in [0.5, 0.6) is 0 Å². The number of hydrogen-bond donors (Lipinski definition) is 2. The van der Waals surface area contributed by atoms with E-state index < -0.39 is 11.8 Å². The Morgan fingerprint density at radius 1 is 1.35 bits per heavy atom. The molecule has 0 aliphatic carbocycles. The first-order valence-electron chi connectivity index (χ1n) is 4.73. The minimum atomic E-state index is -1.17. The highest BCUT2D eigenvalue weighted by molar-refractivity contribution is 5.85. The summed E-state index contributed by atoms with van der Waals surface area (Å²) in [5.41, 5.74) is 0.299. The lowest BCUT2D eigenvalue weighted by Crippen LogP contribution is -2.04. The molecular formula is C11H8FN3O2. The molecule has 0 spiro atoms. The molecule has 5 nitrogen and oxygen atoms in total. The first-order valence-corrected chi connectivity index (χ1v) is 4.73. The average molecular weight is 233 g/mol. The Bertz CT molecular complexity index is 560. The fourth-order valence-electron chi connectivity index (χ4n) is 1.24. The van der Waals surface area contributed by atoms with Crippen LogP contribution in [0.25, 0.3) is 0 Å². The van der Waals surface area contributed by atoms with Crippen LogP contribution in [0.1, 0.15) is 10.5 Å². The number of aromatic carboxylic acids is 1. The van der Waals surface area contributed by atoms with Gasteiger partial charge in [-0.25, -0.2) is 14.2 Å². The third-order valence-corrected chi connectivity index (χ3v) is 1.95. The number of halogens is 1. The Hall–Kier alpha value is -2.50. The first-order chi connectivity index (χ1) is 8.15. The molecular weight excluding hydrogens is 225 g/mol. The summed E-state index contributed by atoms with van der Waals surface area (Å²) in [7, 11) is 0. The summed E-state index contributed by atoms with van der Waals surface area (Å²) in [6.45, 7) is 0. The topological polar surface area (TPSA) is 75.1 Å². The highest BCUT2D eigenvalue weighted by atomic mass is 19.1. The first kappa shape index (κ1) is 11.0. The van der Waals surface area contributed by atoms with Gasteiger partial charge in [-0.3, -0.25) is 4.98 Å². The number of aromatic nitrogens is 2. The van der Waals surface area contributed by atoms with E-state index in [-0.39, 0.29) is 11.5 Å². The van der Waals surface area contributed by atoms with Gasteiger partial charge in [0.15, 0.2) is 5.69 Å². The zero-order valence-corrected chi connectivity index (χ0v) is 8.59. The number of benzene rings is 1. The zero-order chi connectivity index (χ0) is 12.3. The van der Waals surface area contributed by atoms with Gasteiger partial charge in [-0.15, -0.1) is 0 Å². The Balaban J connectivity index is 2.24. The fourth-order valence-corrected chi connectivity index (χ4v) is 1.24. The molecule has 0 amide bonds. The van der Waals surface area contributed by atoms with Crippen LogP contribution in [0.4, 0.5) is 15.9 Å². The smallest absolute Gasteiger partial charge is 0.356 e. The number of nitrogens with one attached hydrogen (secondary N) is 1. The Labute approximate surface area is 96.0 Å². The molecule has 0 aliphatic rings. The van der Waals surface area contributed by atoms with E-state index in [0.29, 0.717) is 5.69 Å². The Morgan fingerprint density at radius 2 is 2.18 bits per heavy atom. The molecule has 1 heterocycles. The van der Waals surface area contributed by atoms with Crippen LogP contribution in [0.15, 0.2) is 36.7 Å². The van der Waals surface area contributed by atoms with Crippen molar-refractivity contribution in [3.63, 3.8) is 0 Å². The van der Waals surface area contributed by atoms with Gasteiger partial charge >= 0.3 is 5.97 Å². The lowest BCUT2D eigenvalue weighted by molar-refractivity contribution is 0.0690. The maximum absolute atomic E-state index is 12.9. The van der Waals surface area contributed by atoms with Crippen molar-refractivity contribution in [3.05, 3.63) is 48.2 Å². The highest BCUT2D eigenvalue weighted by Crippen LogP contribution is 2.14. The van der Waals surface area contributed by atoms with E-state index in [4.69, 9.17) is 5.11 Å². The largest absolute Gasteiger partial charge is 0.476 e. The molecule has 1 aromatic carbocycles. The van der Waals surface area contributed by atoms with E-state index in [9.17, 15) is 9.18 Å². The number of carbonyl (C=O) groups is 1. The van der Waals surface area contributed by atoms with E-state index in [0.717, 1.165) is 6.20 Å². The molecule has 0 saturated carbocycles. The summed E-state index contributed by atoms with van der Waals surface area (Å²) in [5, 5.41) is 11.5. The lowest BCUT2D eigenvalue weighted by Gasteiger charge is -2.05. The van der Waals surface area contributed by atoms with Gasteiger partial charge < -0.3 is 10.4 Å². The molecule has 2 aromatic rings. The Morgan fingerprint density at radius 3 is 2.88 bits per heavy atom. The number of carboxylic acid groups (broad SMARTS) is 1. The molecule has 0 atom stereocenters. The van der Waals surface area contributed by atoms with Crippen molar-refractivity contribution >= 4 is 17.5 Å². The van der Waals surface area contributed by atoms with Crippen molar-refractivity contribution in [2.75, 3.05) is 5.32 Å². The molecule has 1 aromatic heterocycles. The van der Waals surface area contributed by atoms with Gasteiger partial charge in [0.2, 0.25) is 0 Å². The molecule has 86 valence electrons. The van der Waals surface area contributed by atoms with Gasteiger partial charge in [0.25, 0.3) is 0 Å². The molecule has 0 unspecified atom stereocenters. The average Bonchev–Trinajstić information content (AvgIpc) is 2.29. The third kappa shape index (κ3) is 2.75. The minimum absolute atomic E-state index is 0.175. The van der Waals surface area contributed by atoms with Gasteiger partial charge in [-0.2, -0.15) is 0 Å². The maximum atomic E-state index is 12.9. The maximum Gasteiger partial charge on any atom is 0.356 e. The summed E-state index contributed by atoms with van der Waals surface area (Å²) >= 11 is 0. The van der Waals surface area contributed by atoms with Crippen LogP contribution in [0.3, 0.4) is 0 Å². The molecule has 2 rings (SSSR count). The molecule has 0 aliphatic heterocycles. The summed E-state index contributed by atoms with van der Waals surface area (Å²) < 4.78 is 12.9. The zero-order valence-electron chi connectivity index (χ0n) is 8.59. The SMILES string of the molecule is O=C(O)c1cncc(Nc2cccc(F)c2)n1. The Kier molecular flexibility index (Phi) is 2.95. The molecule has 0 radical (unpaired) electrons. The quantitative estimate of drug-likeness (QED) is 0.848. The van der Waals surface area contributed by atoms with E-state index >= 15 is 0 Å². The second kappa shape index (κ2) is 4.56. The van der Waals surface area contributed by atoms with Crippen LogP contribution < -0.4 is 5.32 Å². The summed E-state index contributed by atoms with van der Waals surface area (Å²) in [4.78, 5) is 18.2. The predicted octanol–water partition coefficient (Wildman–Crippen LogP) is 2.06. The number of carboxylic acids is 1. The number of rotatable bonds is 3. The summed E-state index contributed by atoms with van der Waals surface area (Å²) in [5.74, 6) is -1.31. The highest BCUT2D eigenvalue weighted by Gasteiger charge is 2.06. The number of hydrogen-bond acceptors (Lipinski definition) is 4. The van der Waals surface area contributed by atoms with E-state index in [1.165, 1.54) is 24.4 Å². The molecule has 0 bridgehead atoms. The van der Waals surface area contributed by atoms with Gasteiger partial charge in [0.05, 0.1) is 12.4 Å². The minimum Gasteiger partial charge on any atom is -0.476 e. The summed E-state index contributed by atoms with van der Waals surface area (Å²) in [6, 6.07) is 5.75. The fraction of sp³-hybridized carbons (Fsp3) is 0. The second-order valence-electron chi connectivity index (χ2n) is 3.23. The van der Waals surface area contributed by atoms with E-state index in [1.807, 2.05) is 0 Å². The molecule has 0 fully saturated rings. The van der Waals surface area contributed by atoms with Crippen molar-refractivity contribution in [1.29, 1.82) is 0 Å². The number of anilines is 2. The van der Waals surface area contributed by atoms with Crippen LogP contribution in [0.2, 0.25) is 0 Å².